The number of anilines is 2. The quantitative estimate of drug-likeness (QED) is 0.117. The summed E-state index contributed by atoms with van der Waals surface area (Å²) in [6.07, 6.45) is -2.07. The number of hydrogen-bond donors (Lipinski definition) is 4. The number of likely N-dealkylation sites (tertiary alicyclic amines) is 1. The summed E-state index contributed by atoms with van der Waals surface area (Å²) in [5.74, 6) is 0.150. The fourth-order valence-electron chi connectivity index (χ4n) is 6.49. The Balaban J connectivity index is 1.12. The van der Waals surface area contributed by atoms with Gasteiger partial charge < -0.3 is 25.4 Å². The number of aliphatic hydroxyl groups is 2. The molecule has 0 radical (unpaired) electrons. The number of hydrogen-bond acceptors (Lipinski definition) is 9. The lowest BCUT2D eigenvalue weighted by Gasteiger charge is -2.33. The first-order valence-electron chi connectivity index (χ1n) is 16.1. The van der Waals surface area contributed by atoms with Gasteiger partial charge in [-0.15, -0.1) is 11.3 Å². The van der Waals surface area contributed by atoms with Crippen LogP contribution in [0.15, 0.2) is 61.4 Å². The maximum absolute atomic E-state index is 13.0. The monoisotopic (exact) mass is 703 g/mol. The molecule has 50 heavy (non-hydrogen) atoms. The van der Waals surface area contributed by atoms with E-state index in [1.807, 2.05) is 19.1 Å². The predicted molar refractivity (Wildman–Crippen MR) is 187 cm³/mol. The van der Waals surface area contributed by atoms with Gasteiger partial charge in [-0.1, -0.05) is 18.7 Å². The van der Waals surface area contributed by atoms with Crippen molar-refractivity contribution in [3.05, 3.63) is 94.3 Å². The molecule has 260 valence electrons. The highest BCUT2D eigenvalue weighted by Gasteiger charge is 2.29. The summed E-state index contributed by atoms with van der Waals surface area (Å²) in [7, 11) is 0. The van der Waals surface area contributed by atoms with Crippen molar-refractivity contribution in [3.8, 4) is 6.07 Å². The average Bonchev–Trinajstić information content (AvgIpc) is 3.67. The molecular weight excluding hydrogens is 668 g/mol. The predicted octanol–water partition coefficient (Wildman–Crippen LogP) is 6.36. The number of benzene rings is 2. The number of aliphatic hydroxyl groups excluding tert-OH is 2. The first kappa shape index (κ1) is 35.0. The molecule has 1 amide bonds. The molecule has 1 unspecified atom stereocenters. The average molecular weight is 704 g/mol. The number of aromatic nitrogens is 3. The molecule has 0 saturated carbocycles. The molecular formula is C36H36F3N7O3S. The fourth-order valence-corrected chi connectivity index (χ4v) is 7.52. The Morgan fingerprint density at radius 3 is 2.64 bits per heavy atom. The third-order valence-electron chi connectivity index (χ3n) is 9.14. The molecule has 1 atom stereocenters. The van der Waals surface area contributed by atoms with Gasteiger partial charge >= 0.3 is 6.18 Å². The van der Waals surface area contributed by atoms with Crippen molar-refractivity contribution in [3.63, 3.8) is 0 Å². The summed E-state index contributed by atoms with van der Waals surface area (Å²) in [5.41, 5.74) is 4.82. The topological polar surface area (TPSA) is 139 Å². The standard InChI is InChI=1S/C36H36F3N7O3S/c1-3-33(49)44-30-6-4-22(12-24(30)19-47)32(48)18-46-26(16-40)13-28-21(2)23(5-7-31(28)46)17-45-10-8-25(9-11-45)43-34-29-14-27(15-36(37,38)39)50-35(29)42-20-41-34/h3-7,12-14,20,25,32,47-48H,1,8-11,15,17-19H2,2H3,(H,44,49)(H,41,42,43). The normalized spacial score (nSPS) is 14.9. The zero-order valence-electron chi connectivity index (χ0n) is 27.3. The summed E-state index contributed by atoms with van der Waals surface area (Å²) in [6.45, 7) is 7.59. The van der Waals surface area contributed by atoms with E-state index in [2.05, 4.69) is 44.2 Å². The largest absolute Gasteiger partial charge is 0.393 e. The summed E-state index contributed by atoms with van der Waals surface area (Å²) in [6, 6.07) is 14.7. The Kier molecular flexibility index (Phi) is 10.2. The van der Waals surface area contributed by atoms with Gasteiger partial charge in [0.05, 0.1) is 31.1 Å². The van der Waals surface area contributed by atoms with Crippen LogP contribution in [0.2, 0.25) is 0 Å². The van der Waals surface area contributed by atoms with Crippen molar-refractivity contribution in [2.75, 3.05) is 23.7 Å². The van der Waals surface area contributed by atoms with Crippen molar-refractivity contribution < 1.29 is 28.2 Å². The minimum atomic E-state index is -4.28. The molecule has 5 aromatic rings. The van der Waals surface area contributed by atoms with Crippen molar-refractivity contribution in [2.24, 2.45) is 0 Å². The van der Waals surface area contributed by atoms with Gasteiger partial charge in [-0.2, -0.15) is 18.4 Å². The zero-order valence-corrected chi connectivity index (χ0v) is 28.1. The number of carbonyl (C=O) groups is 1. The van der Waals surface area contributed by atoms with Crippen molar-refractivity contribution in [2.45, 2.75) is 64.2 Å². The van der Waals surface area contributed by atoms with Crippen molar-refractivity contribution >= 4 is 49.9 Å². The van der Waals surface area contributed by atoms with Gasteiger partial charge in [-0.3, -0.25) is 9.69 Å². The summed E-state index contributed by atoms with van der Waals surface area (Å²) >= 11 is 1.04. The maximum atomic E-state index is 13.0. The molecule has 14 heteroatoms. The first-order valence-corrected chi connectivity index (χ1v) is 16.9. The molecule has 10 nitrogen and oxygen atoms in total. The number of piperidine rings is 1. The second-order valence-corrected chi connectivity index (χ2v) is 13.6. The molecule has 0 spiro atoms. The number of halogens is 3. The highest BCUT2D eigenvalue weighted by atomic mass is 32.1. The number of alkyl halides is 3. The Bertz CT molecular complexity index is 2090. The van der Waals surface area contributed by atoms with Gasteiger partial charge in [0.2, 0.25) is 5.91 Å². The Hall–Kier alpha value is -4.81. The van der Waals surface area contributed by atoms with E-state index in [-0.39, 0.29) is 24.1 Å². The van der Waals surface area contributed by atoms with E-state index in [0.717, 1.165) is 65.4 Å². The maximum Gasteiger partial charge on any atom is 0.393 e. The van der Waals surface area contributed by atoms with Gasteiger partial charge in [0, 0.05) is 52.7 Å². The van der Waals surface area contributed by atoms with Gasteiger partial charge in [-0.25, -0.2) is 9.97 Å². The number of nitrogens with zero attached hydrogens (tertiary/aromatic N) is 5. The summed E-state index contributed by atoms with van der Waals surface area (Å²) < 4.78 is 40.7. The lowest BCUT2D eigenvalue weighted by atomic mass is 10.0. The molecule has 3 aromatic heterocycles. The molecule has 1 fully saturated rings. The van der Waals surface area contributed by atoms with Crippen LogP contribution in [-0.4, -0.2) is 60.9 Å². The second-order valence-electron chi connectivity index (χ2n) is 12.5. The summed E-state index contributed by atoms with van der Waals surface area (Å²) in [5, 5.41) is 38.6. The number of nitrogens with one attached hydrogen (secondary N) is 2. The molecule has 2 aromatic carbocycles. The van der Waals surface area contributed by atoms with Crippen LogP contribution in [0.3, 0.4) is 0 Å². The van der Waals surface area contributed by atoms with Crippen molar-refractivity contribution in [1.82, 2.24) is 19.4 Å². The van der Waals surface area contributed by atoms with E-state index in [4.69, 9.17) is 0 Å². The number of nitriles is 1. The van der Waals surface area contributed by atoms with E-state index in [9.17, 15) is 33.4 Å². The number of aryl methyl sites for hydroxylation is 1. The zero-order chi connectivity index (χ0) is 35.6. The molecule has 1 saturated heterocycles. The van der Waals surface area contributed by atoms with Crippen LogP contribution in [0, 0.1) is 18.3 Å². The Morgan fingerprint density at radius 2 is 1.94 bits per heavy atom. The van der Waals surface area contributed by atoms with Gasteiger partial charge in [0.25, 0.3) is 0 Å². The number of fused-ring (bicyclic) bond motifs is 2. The molecule has 0 aliphatic carbocycles. The molecule has 1 aliphatic heterocycles. The highest BCUT2D eigenvalue weighted by molar-refractivity contribution is 7.18. The lowest BCUT2D eigenvalue weighted by molar-refractivity contribution is -0.126. The van der Waals surface area contributed by atoms with Crippen LogP contribution in [-0.2, 0) is 30.9 Å². The lowest BCUT2D eigenvalue weighted by Crippen LogP contribution is -2.39. The Labute approximate surface area is 290 Å². The first-order chi connectivity index (χ1) is 24.0. The smallest absolute Gasteiger partial charge is 0.392 e. The molecule has 6 rings (SSSR count). The number of rotatable bonds is 11. The van der Waals surface area contributed by atoms with Crippen LogP contribution >= 0.6 is 11.3 Å². The molecule has 4 heterocycles. The molecule has 1 aliphatic rings. The van der Waals surface area contributed by atoms with E-state index in [0.29, 0.717) is 45.1 Å². The van der Waals surface area contributed by atoms with Crippen LogP contribution in [0.5, 0.6) is 0 Å². The third kappa shape index (κ3) is 7.66. The van der Waals surface area contributed by atoms with E-state index < -0.39 is 24.6 Å². The van der Waals surface area contributed by atoms with E-state index in [1.54, 1.807) is 22.8 Å². The van der Waals surface area contributed by atoms with Gasteiger partial charge in [0.15, 0.2) is 0 Å². The SMILES string of the molecule is C=CC(=O)Nc1ccc(C(O)Cn2c(C#N)cc3c(C)c(CN4CCC(Nc5ncnc6sc(CC(F)(F)F)cc56)CC4)ccc32)cc1CO. The summed E-state index contributed by atoms with van der Waals surface area (Å²) in [4.78, 5) is 23.4. The third-order valence-corrected chi connectivity index (χ3v) is 10.2. The van der Waals surface area contributed by atoms with Crippen LogP contribution in [0.25, 0.3) is 21.1 Å². The number of carbonyl (C=O) groups excluding carboxylic acids is 1. The minimum absolute atomic E-state index is 0.114. The Morgan fingerprint density at radius 1 is 1.16 bits per heavy atom. The second kappa shape index (κ2) is 14.6. The van der Waals surface area contributed by atoms with Gasteiger partial charge in [-0.05, 0) is 72.9 Å². The van der Waals surface area contributed by atoms with Crippen LogP contribution < -0.4 is 10.6 Å². The van der Waals surface area contributed by atoms with Gasteiger partial charge in [0.1, 0.15) is 28.7 Å². The fraction of sp³-hybridized carbons (Fsp3) is 0.333. The van der Waals surface area contributed by atoms with E-state index in [1.165, 1.54) is 12.4 Å². The molecule has 0 bridgehead atoms. The van der Waals surface area contributed by atoms with Crippen LogP contribution in [0.1, 0.15) is 51.8 Å². The van der Waals surface area contributed by atoms with E-state index >= 15 is 0 Å². The highest BCUT2D eigenvalue weighted by Crippen LogP contribution is 2.34. The minimum Gasteiger partial charge on any atom is -0.392 e. The number of amides is 1. The van der Waals surface area contributed by atoms with Crippen LogP contribution in [0.4, 0.5) is 24.7 Å². The molecule has 4 N–H and O–H groups in total. The van der Waals surface area contributed by atoms with Crippen molar-refractivity contribution in [1.29, 1.82) is 5.26 Å². The number of thiophene rings is 1.